The zero-order valence-corrected chi connectivity index (χ0v) is 14.3. The third kappa shape index (κ3) is 4.77. The summed E-state index contributed by atoms with van der Waals surface area (Å²) < 4.78 is 5.59. The molecular formula is C15H10BrClN2O5. The lowest BCUT2D eigenvalue weighted by atomic mass is 10.2. The van der Waals surface area contributed by atoms with Crippen molar-refractivity contribution >= 4 is 50.8 Å². The van der Waals surface area contributed by atoms with Gasteiger partial charge in [0, 0.05) is 16.6 Å². The lowest BCUT2D eigenvalue weighted by molar-refractivity contribution is -0.384. The number of benzene rings is 2. The second-order valence-electron chi connectivity index (χ2n) is 4.56. The van der Waals surface area contributed by atoms with Crippen LogP contribution < -0.4 is 5.32 Å². The summed E-state index contributed by atoms with van der Waals surface area (Å²) in [5.74, 6) is -1.42. The zero-order valence-electron chi connectivity index (χ0n) is 12.0. The van der Waals surface area contributed by atoms with E-state index in [1.165, 1.54) is 18.2 Å². The first kappa shape index (κ1) is 17.9. The smallest absolute Gasteiger partial charge is 0.338 e. The van der Waals surface area contributed by atoms with Crippen molar-refractivity contribution in [2.24, 2.45) is 0 Å². The average Bonchev–Trinajstić information content (AvgIpc) is 2.55. The van der Waals surface area contributed by atoms with E-state index < -0.39 is 23.4 Å². The van der Waals surface area contributed by atoms with Gasteiger partial charge in [-0.05, 0) is 24.3 Å². The summed E-state index contributed by atoms with van der Waals surface area (Å²) >= 11 is 9.20. The van der Waals surface area contributed by atoms with Gasteiger partial charge in [0.15, 0.2) is 6.61 Å². The summed E-state index contributed by atoms with van der Waals surface area (Å²) in [5.41, 5.74) is 0.116. The SMILES string of the molecule is O=C(COC(=O)c1cccc([N+](=O)[O-])c1)Nc1ccc(Br)cc1Cl. The quantitative estimate of drug-likeness (QED) is 0.456. The molecule has 2 aromatic rings. The molecule has 0 aromatic heterocycles. The maximum Gasteiger partial charge on any atom is 0.338 e. The van der Waals surface area contributed by atoms with E-state index in [4.69, 9.17) is 16.3 Å². The monoisotopic (exact) mass is 412 g/mol. The predicted octanol–water partition coefficient (Wildman–Crippen LogP) is 3.81. The molecule has 9 heteroatoms. The van der Waals surface area contributed by atoms with Crippen molar-refractivity contribution in [2.75, 3.05) is 11.9 Å². The molecule has 7 nitrogen and oxygen atoms in total. The summed E-state index contributed by atoms with van der Waals surface area (Å²) in [6.07, 6.45) is 0. The summed E-state index contributed by atoms with van der Waals surface area (Å²) in [5, 5.41) is 13.5. The van der Waals surface area contributed by atoms with Crippen LogP contribution in [-0.4, -0.2) is 23.4 Å². The Morgan fingerprint density at radius 2 is 2.00 bits per heavy atom. The van der Waals surface area contributed by atoms with Crippen LogP contribution in [0.1, 0.15) is 10.4 Å². The first-order valence-electron chi connectivity index (χ1n) is 6.53. The Bertz CT molecular complexity index is 812. The number of carbonyl (C=O) groups is 2. The molecule has 0 saturated heterocycles. The molecule has 24 heavy (non-hydrogen) atoms. The number of nitrogens with zero attached hydrogens (tertiary/aromatic N) is 1. The van der Waals surface area contributed by atoms with Crippen LogP contribution in [0.25, 0.3) is 0 Å². The molecule has 0 aliphatic rings. The number of ether oxygens (including phenoxy) is 1. The highest BCUT2D eigenvalue weighted by atomic mass is 79.9. The largest absolute Gasteiger partial charge is 0.452 e. The molecule has 0 aliphatic carbocycles. The highest BCUT2D eigenvalue weighted by molar-refractivity contribution is 9.10. The van der Waals surface area contributed by atoms with Gasteiger partial charge in [-0.25, -0.2) is 4.79 Å². The Labute approximate surface area is 149 Å². The highest BCUT2D eigenvalue weighted by Crippen LogP contribution is 2.25. The molecule has 124 valence electrons. The fourth-order valence-electron chi connectivity index (χ4n) is 1.74. The molecule has 0 aliphatic heterocycles. The number of hydrogen-bond donors (Lipinski definition) is 1. The minimum absolute atomic E-state index is 0.0151. The number of nitro groups is 1. The molecule has 0 radical (unpaired) electrons. The van der Waals surface area contributed by atoms with Gasteiger partial charge in [-0.2, -0.15) is 0 Å². The highest BCUT2D eigenvalue weighted by Gasteiger charge is 2.14. The van der Waals surface area contributed by atoms with Crippen molar-refractivity contribution in [1.82, 2.24) is 0 Å². The van der Waals surface area contributed by atoms with Crippen LogP contribution in [0.4, 0.5) is 11.4 Å². The van der Waals surface area contributed by atoms with Gasteiger partial charge in [-0.15, -0.1) is 0 Å². The summed E-state index contributed by atoms with van der Waals surface area (Å²) in [6.45, 7) is -0.548. The fraction of sp³-hybridized carbons (Fsp3) is 0.0667. The number of esters is 1. The molecule has 1 N–H and O–H groups in total. The van der Waals surface area contributed by atoms with Crippen LogP contribution in [0.2, 0.25) is 5.02 Å². The molecule has 0 fully saturated rings. The topological polar surface area (TPSA) is 98.5 Å². The van der Waals surface area contributed by atoms with Crippen LogP contribution >= 0.6 is 27.5 Å². The number of rotatable bonds is 5. The molecule has 0 unspecified atom stereocenters. The van der Waals surface area contributed by atoms with E-state index in [9.17, 15) is 19.7 Å². The first-order valence-corrected chi connectivity index (χ1v) is 7.70. The number of nitrogens with one attached hydrogen (secondary N) is 1. The molecule has 1 amide bonds. The number of halogens is 2. The lowest BCUT2D eigenvalue weighted by Gasteiger charge is -2.08. The van der Waals surface area contributed by atoms with E-state index in [-0.39, 0.29) is 11.3 Å². The van der Waals surface area contributed by atoms with E-state index >= 15 is 0 Å². The molecule has 0 heterocycles. The fourth-order valence-corrected chi connectivity index (χ4v) is 2.46. The Kier molecular flexibility index (Phi) is 5.88. The lowest BCUT2D eigenvalue weighted by Crippen LogP contribution is -2.21. The molecular weight excluding hydrogens is 404 g/mol. The van der Waals surface area contributed by atoms with Gasteiger partial charge in [-0.1, -0.05) is 33.6 Å². The molecule has 0 atom stereocenters. The van der Waals surface area contributed by atoms with Gasteiger partial charge < -0.3 is 10.1 Å². The standard InChI is InChI=1S/C15H10BrClN2O5/c16-10-4-5-13(12(17)7-10)18-14(20)8-24-15(21)9-2-1-3-11(6-9)19(22)23/h1-7H,8H2,(H,18,20). The van der Waals surface area contributed by atoms with Gasteiger partial charge in [-0.3, -0.25) is 14.9 Å². The summed E-state index contributed by atoms with van der Waals surface area (Å²) in [6, 6.07) is 9.93. The van der Waals surface area contributed by atoms with Gasteiger partial charge in [0.1, 0.15) is 0 Å². The van der Waals surface area contributed by atoms with Crippen LogP contribution in [0, 0.1) is 10.1 Å². The van der Waals surface area contributed by atoms with Crippen LogP contribution in [-0.2, 0) is 9.53 Å². The number of anilines is 1. The van der Waals surface area contributed by atoms with E-state index in [2.05, 4.69) is 21.2 Å². The minimum Gasteiger partial charge on any atom is -0.452 e. The Morgan fingerprint density at radius 1 is 1.25 bits per heavy atom. The van der Waals surface area contributed by atoms with Crippen molar-refractivity contribution < 1.29 is 19.2 Å². The predicted molar refractivity (Wildman–Crippen MR) is 91.2 cm³/mol. The van der Waals surface area contributed by atoms with E-state index in [1.807, 2.05) is 0 Å². The van der Waals surface area contributed by atoms with Crippen molar-refractivity contribution in [2.45, 2.75) is 0 Å². The molecule has 0 saturated carbocycles. The Balaban J connectivity index is 1.95. The van der Waals surface area contributed by atoms with Gasteiger partial charge in [0.2, 0.25) is 0 Å². The summed E-state index contributed by atoms with van der Waals surface area (Å²) in [7, 11) is 0. The van der Waals surface area contributed by atoms with Crippen molar-refractivity contribution in [3.8, 4) is 0 Å². The maximum absolute atomic E-state index is 11.8. The zero-order chi connectivity index (χ0) is 17.7. The van der Waals surface area contributed by atoms with Gasteiger partial charge >= 0.3 is 5.97 Å². The number of amides is 1. The number of hydrogen-bond acceptors (Lipinski definition) is 5. The van der Waals surface area contributed by atoms with Crippen molar-refractivity contribution in [3.63, 3.8) is 0 Å². The first-order chi connectivity index (χ1) is 11.4. The average molecular weight is 414 g/mol. The second kappa shape index (κ2) is 7.89. The normalized spacial score (nSPS) is 10.1. The van der Waals surface area contributed by atoms with Crippen molar-refractivity contribution in [1.29, 1.82) is 0 Å². The molecule has 0 spiro atoms. The van der Waals surface area contributed by atoms with E-state index in [0.717, 1.165) is 10.5 Å². The third-order valence-corrected chi connectivity index (χ3v) is 3.64. The number of non-ortho nitro benzene ring substituents is 1. The third-order valence-electron chi connectivity index (χ3n) is 2.83. The molecule has 0 bridgehead atoms. The minimum atomic E-state index is -0.837. The summed E-state index contributed by atoms with van der Waals surface area (Å²) in [4.78, 5) is 33.7. The number of nitro benzene ring substituents is 1. The van der Waals surface area contributed by atoms with E-state index in [1.54, 1.807) is 18.2 Å². The van der Waals surface area contributed by atoms with Crippen LogP contribution in [0.15, 0.2) is 46.9 Å². The maximum atomic E-state index is 11.8. The Hall–Kier alpha value is -2.45. The Morgan fingerprint density at radius 3 is 2.67 bits per heavy atom. The number of carbonyl (C=O) groups excluding carboxylic acids is 2. The molecule has 2 aromatic carbocycles. The van der Waals surface area contributed by atoms with Gasteiger partial charge in [0.25, 0.3) is 11.6 Å². The second-order valence-corrected chi connectivity index (χ2v) is 5.88. The molecule has 2 rings (SSSR count). The van der Waals surface area contributed by atoms with Crippen molar-refractivity contribution in [3.05, 3.63) is 67.6 Å². The van der Waals surface area contributed by atoms with E-state index in [0.29, 0.717) is 10.7 Å². The van der Waals surface area contributed by atoms with Crippen LogP contribution in [0.3, 0.4) is 0 Å². The van der Waals surface area contributed by atoms with Gasteiger partial charge in [0.05, 0.1) is 21.2 Å². The van der Waals surface area contributed by atoms with Crippen LogP contribution in [0.5, 0.6) is 0 Å².